The van der Waals surface area contributed by atoms with Crippen LogP contribution in [0.3, 0.4) is 0 Å². The Balaban J connectivity index is 1.61. The van der Waals surface area contributed by atoms with E-state index < -0.39 is 28.4 Å². The van der Waals surface area contributed by atoms with Crippen LogP contribution in [0.5, 0.6) is 23.0 Å². The van der Waals surface area contributed by atoms with E-state index in [9.17, 15) is 24.5 Å². The second-order valence-corrected chi connectivity index (χ2v) is 8.08. The monoisotopic (exact) mass is 546 g/mol. The molecule has 0 fully saturated rings. The molecule has 1 aliphatic heterocycles. The van der Waals surface area contributed by atoms with E-state index in [2.05, 4.69) is 15.8 Å². The van der Waals surface area contributed by atoms with Crippen LogP contribution in [0.2, 0.25) is 0 Å². The Morgan fingerprint density at radius 1 is 1.05 bits per heavy atom. The van der Waals surface area contributed by atoms with Gasteiger partial charge in [-0.2, -0.15) is 5.10 Å². The third-order valence-corrected chi connectivity index (χ3v) is 5.37. The van der Waals surface area contributed by atoms with Crippen LogP contribution in [0.1, 0.15) is 28.4 Å². The summed E-state index contributed by atoms with van der Waals surface area (Å²) in [5.74, 6) is -1.50. The Hall–Kier alpha value is -5.72. The van der Waals surface area contributed by atoms with E-state index in [4.69, 9.17) is 18.9 Å². The third-order valence-electron chi connectivity index (χ3n) is 5.37. The van der Waals surface area contributed by atoms with Crippen molar-refractivity contribution < 1.29 is 38.3 Å². The molecule has 0 bridgehead atoms. The molecule has 2 N–H and O–H groups in total. The van der Waals surface area contributed by atoms with Gasteiger partial charge in [-0.25, -0.2) is 5.43 Å². The number of benzene rings is 3. The molecular formula is C27H22N4O9. The van der Waals surface area contributed by atoms with Crippen LogP contribution in [0, 0.1) is 10.1 Å². The van der Waals surface area contributed by atoms with E-state index >= 15 is 0 Å². The highest BCUT2D eigenvalue weighted by Gasteiger charge is 2.25. The number of methoxy groups -OCH3 is 1. The summed E-state index contributed by atoms with van der Waals surface area (Å²) in [6.07, 6.45) is 2.43. The zero-order valence-electron chi connectivity index (χ0n) is 21.2. The molecule has 13 nitrogen and oxygen atoms in total. The molecule has 0 unspecified atom stereocenters. The average Bonchev–Trinajstić information content (AvgIpc) is 3.41. The lowest BCUT2D eigenvalue weighted by Gasteiger charge is -2.10. The molecule has 0 spiro atoms. The molecule has 204 valence electrons. The molecule has 0 radical (unpaired) electrons. The van der Waals surface area contributed by atoms with Crippen molar-refractivity contribution in [2.75, 3.05) is 13.9 Å². The lowest BCUT2D eigenvalue weighted by Crippen LogP contribution is -2.32. The van der Waals surface area contributed by atoms with Gasteiger partial charge in [0.15, 0.2) is 17.2 Å². The summed E-state index contributed by atoms with van der Waals surface area (Å²) in [5.41, 5.74) is 2.34. The molecule has 40 heavy (non-hydrogen) atoms. The fourth-order valence-electron chi connectivity index (χ4n) is 3.63. The number of nitro benzene ring substituents is 1. The van der Waals surface area contributed by atoms with E-state index in [1.54, 1.807) is 48.5 Å². The number of amides is 2. The van der Waals surface area contributed by atoms with Gasteiger partial charge >= 0.3 is 11.7 Å². The van der Waals surface area contributed by atoms with Gasteiger partial charge in [0.05, 0.1) is 23.8 Å². The van der Waals surface area contributed by atoms with Crippen molar-refractivity contribution in [1.29, 1.82) is 0 Å². The highest BCUT2D eigenvalue weighted by molar-refractivity contribution is 6.05. The topological polar surface area (TPSA) is 168 Å². The number of esters is 1. The van der Waals surface area contributed by atoms with Gasteiger partial charge in [0.2, 0.25) is 12.5 Å². The van der Waals surface area contributed by atoms with Gasteiger partial charge in [-0.15, -0.1) is 0 Å². The lowest BCUT2D eigenvalue weighted by atomic mass is 10.1. The third kappa shape index (κ3) is 6.39. The van der Waals surface area contributed by atoms with E-state index in [1.165, 1.54) is 25.3 Å². The Labute approximate surface area is 227 Å². The molecule has 3 aromatic carbocycles. The number of hydrogen-bond acceptors (Lipinski definition) is 10. The second kappa shape index (κ2) is 12.2. The Morgan fingerprint density at radius 2 is 1.80 bits per heavy atom. The van der Waals surface area contributed by atoms with Gasteiger partial charge in [-0.1, -0.05) is 24.3 Å². The second-order valence-electron chi connectivity index (χ2n) is 8.08. The predicted octanol–water partition coefficient (Wildman–Crippen LogP) is 3.18. The van der Waals surface area contributed by atoms with Crippen molar-refractivity contribution in [3.05, 3.63) is 93.2 Å². The van der Waals surface area contributed by atoms with Crippen LogP contribution in [0.15, 0.2) is 71.5 Å². The molecule has 4 rings (SSSR count). The highest BCUT2D eigenvalue weighted by atomic mass is 16.7. The van der Waals surface area contributed by atoms with Crippen molar-refractivity contribution in [2.24, 2.45) is 5.10 Å². The normalized spacial score (nSPS) is 12.1. The Bertz CT molecular complexity index is 1530. The molecule has 0 aromatic heterocycles. The SMILES string of the molecule is COc1c(OC(C)=O)ccc(C=NNC(=O)C(=Cc2ccc3c(c2)OCO3)NC(=O)c2ccccc2)c1[N+](=O)[O-]. The minimum Gasteiger partial charge on any atom is -0.488 e. The summed E-state index contributed by atoms with van der Waals surface area (Å²) in [6, 6.07) is 15.8. The number of nitro groups is 1. The zero-order chi connectivity index (χ0) is 28.6. The quantitative estimate of drug-likeness (QED) is 0.102. The molecule has 1 heterocycles. The van der Waals surface area contributed by atoms with Crippen LogP contribution in [-0.4, -0.2) is 42.8 Å². The number of carbonyl (C=O) groups is 3. The maximum Gasteiger partial charge on any atom is 0.323 e. The summed E-state index contributed by atoms with van der Waals surface area (Å²) in [4.78, 5) is 48.2. The first-order valence-electron chi connectivity index (χ1n) is 11.6. The molecule has 1 aliphatic rings. The minimum absolute atomic E-state index is 0.0485. The molecule has 0 aliphatic carbocycles. The van der Waals surface area contributed by atoms with Gasteiger partial charge < -0.3 is 24.3 Å². The van der Waals surface area contributed by atoms with Crippen LogP contribution in [-0.2, 0) is 9.59 Å². The number of hydrazone groups is 1. The summed E-state index contributed by atoms with van der Waals surface area (Å²) >= 11 is 0. The molecule has 3 aromatic rings. The number of ether oxygens (including phenoxy) is 4. The number of hydrogen-bond donors (Lipinski definition) is 2. The standard InChI is InChI=1S/C27H22N4O9/c1-16(32)40-22-11-9-19(24(31(35)36)25(22)37-2)14-28-30-27(34)20(29-26(33)18-6-4-3-5-7-18)12-17-8-10-21-23(13-17)39-15-38-21/h3-14H,15H2,1-2H3,(H,29,33)(H,30,34). The van der Waals surface area contributed by atoms with E-state index in [1.807, 2.05) is 0 Å². The average molecular weight is 546 g/mol. The molecule has 2 amide bonds. The first kappa shape index (κ1) is 27.3. The number of nitrogens with zero attached hydrogens (tertiary/aromatic N) is 2. The van der Waals surface area contributed by atoms with Crippen LogP contribution in [0.25, 0.3) is 6.08 Å². The van der Waals surface area contributed by atoms with E-state index in [-0.39, 0.29) is 29.6 Å². The highest BCUT2D eigenvalue weighted by Crippen LogP contribution is 2.39. The van der Waals surface area contributed by atoms with E-state index in [0.29, 0.717) is 22.6 Å². The minimum atomic E-state index is -0.815. The molecule has 0 saturated heterocycles. The molecule has 13 heteroatoms. The number of nitrogens with one attached hydrogen (secondary N) is 2. The van der Waals surface area contributed by atoms with Gasteiger partial charge in [-0.05, 0) is 48.0 Å². The lowest BCUT2D eigenvalue weighted by molar-refractivity contribution is -0.385. The molecule has 0 saturated carbocycles. The summed E-state index contributed by atoms with van der Waals surface area (Å²) < 4.78 is 20.7. The smallest absolute Gasteiger partial charge is 0.323 e. The molecular weight excluding hydrogens is 524 g/mol. The zero-order valence-corrected chi connectivity index (χ0v) is 21.2. The van der Waals surface area contributed by atoms with Crippen LogP contribution >= 0.6 is 0 Å². The maximum absolute atomic E-state index is 13.1. The fraction of sp³-hybridized carbons (Fsp3) is 0.111. The van der Waals surface area contributed by atoms with Gasteiger partial charge in [-0.3, -0.25) is 24.5 Å². The predicted molar refractivity (Wildman–Crippen MR) is 141 cm³/mol. The number of rotatable bonds is 9. The summed E-state index contributed by atoms with van der Waals surface area (Å²) in [7, 11) is 1.18. The van der Waals surface area contributed by atoms with Gasteiger partial charge in [0.1, 0.15) is 5.70 Å². The Morgan fingerprint density at radius 3 is 2.50 bits per heavy atom. The summed E-state index contributed by atoms with van der Waals surface area (Å²) in [5, 5.41) is 18.1. The Kier molecular flexibility index (Phi) is 8.34. The fourth-order valence-corrected chi connectivity index (χ4v) is 3.63. The number of carbonyl (C=O) groups excluding carboxylic acids is 3. The molecule has 0 atom stereocenters. The first-order valence-corrected chi connectivity index (χ1v) is 11.6. The van der Waals surface area contributed by atoms with Gasteiger partial charge in [0.25, 0.3) is 11.8 Å². The largest absolute Gasteiger partial charge is 0.488 e. The van der Waals surface area contributed by atoms with Crippen LogP contribution < -0.4 is 29.7 Å². The van der Waals surface area contributed by atoms with Crippen molar-refractivity contribution in [2.45, 2.75) is 6.92 Å². The number of fused-ring (bicyclic) bond motifs is 1. The van der Waals surface area contributed by atoms with Crippen molar-refractivity contribution >= 4 is 35.8 Å². The van der Waals surface area contributed by atoms with Crippen molar-refractivity contribution in [1.82, 2.24) is 10.7 Å². The van der Waals surface area contributed by atoms with E-state index in [0.717, 1.165) is 13.1 Å². The maximum atomic E-state index is 13.1. The first-order chi connectivity index (χ1) is 19.3. The van der Waals surface area contributed by atoms with Gasteiger partial charge in [0, 0.05) is 12.5 Å². The van der Waals surface area contributed by atoms with Crippen LogP contribution in [0.4, 0.5) is 5.69 Å². The van der Waals surface area contributed by atoms with Crippen molar-refractivity contribution in [3.63, 3.8) is 0 Å². The summed E-state index contributed by atoms with van der Waals surface area (Å²) in [6.45, 7) is 1.20. The van der Waals surface area contributed by atoms with Crippen molar-refractivity contribution in [3.8, 4) is 23.0 Å².